The van der Waals surface area contributed by atoms with E-state index in [0.29, 0.717) is 18.4 Å². The van der Waals surface area contributed by atoms with E-state index in [4.69, 9.17) is 4.74 Å². The Hall–Kier alpha value is -2.51. The van der Waals surface area contributed by atoms with Crippen LogP contribution in [0.2, 0.25) is 0 Å². The minimum Gasteiger partial charge on any atom is -0.472 e. The van der Waals surface area contributed by atoms with Gasteiger partial charge in [-0.3, -0.25) is 4.57 Å². The van der Waals surface area contributed by atoms with E-state index in [1.807, 2.05) is 18.9 Å². The highest BCUT2D eigenvalue weighted by molar-refractivity contribution is 5.45. The molecule has 1 atom stereocenters. The number of anilines is 1. The van der Waals surface area contributed by atoms with Crippen LogP contribution in [0.5, 0.6) is 5.88 Å². The van der Waals surface area contributed by atoms with Crippen molar-refractivity contribution in [3.05, 3.63) is 51.7 Å². The molecule has 122 valence electrons. The normalized spacial score (nSPS) is 16.6. The van der Waals surface area contributed by atoms with Crippen molar-refractivity contribution in [2.45, 2.75) is 26.1 Å². The van der Waals surface area contributed by atoms with E-state index >= 15 is 0 Å². The van der Waals surface area contributed by atoms with Crippen molar-refractivity contribution in [1.82, 2.24) is 9.55 Å². The van der Waals surface area contributed by atoms with Crippen LogP contribution in [0.15, 0.2) is 23.0 Å². The van der Waals surface area contributed by atoms with Crippen LogP contribution >= 0.6 is 0 Å². The molecule has 23 heavy (non-hydrogen) atoms. The van der Waals surface area contributed by atoms with Gasteiger partial charge in [0.1, 0.15) is 18.2 Å². The van der Waals surface area contributed by atoms with Crippen LogP contribution in [0, 0.1) is 17.5 Å². The second kappa shape index (κ2) is 5.60. The van der Waals surface area contributed by atoms with Gasteiger partial charge in [0.05, 0.1) is 0 Å². The number of hydrogen-bond donors (Lipinski definition) is 0. The van der Waals surface area contributed by atoms with E-state index in [0.717, 1.165) is 6.07 Å². The third kappa shape index (κ3) is 2.76. The molecule has 8 heteroatoms. The van der Waals surface area contributed by atoms with Gasteiger partial charge in [-0.15, -0.1) is 0 Å². The molecule has 5 nitrogen and oxygen atoms in total. The Morgan fingerprint density at radius 2 is 1.91 bits per heavy atom. The van der Waals surface area contributed by atoms with E-state index in [1.165, 1.54) is 4.57 Å². The molecule has 1 aliphatic rings. The Morgan fingerprint density at radius 3 is 2.65 bits per heavy atom. The molecule has 1 aliphatic heterocycles. The maximum absolute atomic E-state index is 13.6. The standard InChI is InChI=1S/C15H14F3N3O2/c1-8-6-21-14(20(8)2)5-13(19-15(21)22)23-7-9-3-11(17)12(18)4-10(9)16/h3-5,8H,6-7H2,1-2H3. The van der Waals surface area contributed by atoms with Crippen LogP contribution < -0.4 is 15.3 Å². The summed E-state index contributed by atoms with van der Waals surface area (Å²) in [6, 6.07) is 2.87. The van der Waals surface area contributed by atoms with E-state index in [-0.39, 0.29) is 24.1 Å². The summed E-state index contributed by atoms with van der Waals surface area (Å²) in [5.41, 5.74) is -0.632. The minimum absolute atomic E-state index is 0.00586. The molecule has 0 fully saturated rings. The number of halogens is 3. The topological polar surface area (TPSA) is 47.4 Å². The number of fused-ring (bicyclic) bond motifs is 1. The molecule has 0 radical (unpaired) electrons. The monoisotopic (exact) mass is 325 g/mol. The van der Waals surface area contributed by atoms with Gasteiger partial charge >= 0.3 is 5.69 Å². The number of aromatic nitrogens is 2. The van der Waals surface area contributed by atoms with Gasteiger partial charge in [-0.25, -0.2) is 18.0 Å². The van der Waals surface area contributed by atoms with Crippen molar-refractivity contribution < 1.29 is 17.9 Å². The Labute approximate surface area is 129 Å². The minimum atomic E-state index is -1.27. The zero-order valence-corrected chi connectivity index (χ0v) is 12.5. The van der Waals surface area contributed by atoms with Crippen molar-refractivity contribution in [1.29, 1.82) is 0 Å². The van der Waals surface area contributed by atoms with Crippen molar-refractivity contribution in [2.24, 2.45) is 0 Å². The first-order valence-electron chi connectivity index (χ1n) is 6.97. The fourth-order valence-electron chi connectivity index (χ4n) is 2.45. The summed E-state index contributed by atoms with van der Waals surface area (Å²) in [6.07, 6.45) is 0. The van der Waals surface area contributed by atoms with Gasteiger partial charge in [0.25, 0.3) is 0 Å². The fourth-order valence-corrected chi connectivity index (χ4v) is 2.45. The molecule has 0 amide bonds. The molecule has 0 saturated carbocycles. The summed E-state index contributed by atoms with van der Waals surface area (Å²) >= 11 is 0. The van der Waals surface area contributed by atoms with E-state index in [9.17, 15) is 18.0 Å². The van der Waals surface area contributed by atoms with Crippen molar-refractivity contribution in [3.8, 4) is 5.88 Å². The number of likely N-dealkylation sites (N-methyl/N-ethyl adjacent to an activating group) is 1. The molecular formula is C15H14F3N3O2. The van der Waals surface area contributed by atoms with Crippen molar-refractivity contribution in [2.75, 3.05) is 11.9 Å². The largest absolute Gasteiger partial charge is 0.472 e. The SMILES string of the molecule is CC1Cn2c(cc(OCc3cc(F)c(F)cc3F)nc2=O)N1C. The summed E-state index contributed by atoms with van der Waals surface area (Å²) in [4.78, 5) is 17.6. The smallest absolute Gasteiger partial charge is 0.352 e. The predicted octanol–water partition coefficient (Wildman–Crippen LogP) is 2.08. The molecule has 0 aliphatic carbocycles. The third-order valence-corrected chi connectivity index (χ3v) is 3.90. The average molecular weight is 325 g/mol. The van der Waals surface area contributed by atoms with E-state index < -0.39 is 23.1 Å². The Kier molecular flexibility index (Phi) is 3.75. The number of hydrogen-bond acceptors (Lipinski definition) is 4. The molecule has 0 spiro atoms. The molecule has 1 unspecified atom stereocenters. The van der Waals surface area contributed by atoms with Crippen LogP contribution in [0.25, 0.3) is 0 Å². The highest BCUT2D eigenvalue weighted by Crippen LogP contribution is 2.25. The lowest BCUT2D eigenvalue weighted by Gasteiger charge is -2.16. The Morgan fingerprint density at radius 1 is 1.22 bits per heavy atom. The summed E-state index contributed by atoms with van der Waals surface area (Å²) < 4.78 is 46.4. The van der Waals surface area contributed by atoms with E-state index in [1.54, 1.807) is 6.07 Å². The highest BCUT2D eigenvalue weighted by Gasteiger charge is 2.25. The summed E-state index contributed by atoms with van der Waals surface area (Å²) in [5, 5.41) is 0. The first-order valence-corrected chi connectivity index (χ1v) is 6.97. The first kappa shape index (κ1) is 15.4. The lowest BCUT2D eigenvalue weighted by Crippen LogP contribution is -2.23. The van der Waals surface area contributed by atoms with Gasteiger partial charge in [-0.1, -0.05) is 0 Å². The van der Waals surface area contributed by atoms with Crippen LogP contribution in [0.4, 0.5) is 19.0 Å². The molecule has 0 saturated heterocycles. The number of benzene rings is 1. The highest BCUT2D eigenvalue weighted by atomic mass is 19.2. The zero-order valence-electron chi connectivity index (χ0n) is 12.5. The first-order chi connectivity index (χ1) is 10.9. The Bertz CT molecular complexity index is 822. The van der Waals surface area contributed by atoms with Gasteiger partial charge < -0.3 is 9.64 Å². The summed E-state index contributed by atoms with van der Waals surface area (Å²) in [6.45, 7) is 2.12. The molecular weight excluding hydrogens is 311 g/mol. The van der Waals surface area contributed by atoms with Crippen molar-refractivity contribution in [3.63, 3.8) is 0 Å². The third-order valence-electron chi connectivity index (χ3n) is 3.90. The molecule has 3 rings (SSSR count). The predicted molar refractivity (Wildman–Crippen MR) is 77.0 cm³/mol. The van der Waals surface area contributed by atoms with Gasteiger partial charge in [0.2, 0.25) is 5.88 Å². The number of ether oxygens (including phenoxy) is 1. The van der Waals surface area contributed by atoms with Gasteiger partial charge in [-0.05, 0) is 13.0 Å². The molecule has 1 aromatic carbocycles. The maximum Gasteiger partial charge on any atom is 0.352 e. The van der Waals surface area contributed by atoms with E-state index in [2.05, 4.69) is 4.98 Å². The van der Waals surface area contributed by atoms with Crippen LogP contribution in [-0.2, 0) is 13.2 Å². The number of nitrogens with zero attached hydrogens (tertiary/aromatic N) is 3. The summed E-state index contributed by atoms with van der Waals surface area (Å²) in [5.74, 6) is -2.71. The van der Waals surface area contributed by atoms with Crippen molar-refractivity contribution >= 4 is 5.82 Å². The van der Waals surface area contributed by atoms with Gasteiger partial charge in [0.15, 0.2) is 11.6 Å². The lowest BCUT2D eigenvalue weighted by molar-refractivity contribution is 0.284. The van der Waals surface area contributed by atoms with Gasteiger partial charge in [0, 0.05) is 37.3 Å². The maximum atomic E-state index is 13.6. The number of rotatable bonds is 3. The molecule has 2 heterocycles. The molecule has 2 aromatic rings. The lowest BCUT2D eigenvalue weighted by atomic mass is 10.2. The second-order valence-corrected chi connectivity index (χ2v) is 5.45. The Balaban J connectivity index is 1.84. The van der Waals surface area contributed by atoms with Crippen LogP contribution in [0.1, 0.15) is 12.5 Å². The van der Waals surface area contributed by atoms with Gasteiger partial charge in [-0.2, -0.15) is 4.98 Å². The zero-order chi connectivity index (χ0) is 16.7. The van der Waals surface area contributed by atoms with Crippen LogP contribution in [-0.4, -0.2) is 22.6 Å². The molecule has 1 aromatic heterocycles. The quantitative estimate of drug-likeness (QED) is 0.811. The fraction of sp³-hybridized carbons (Fsp3) is 0.333. The average Bonchev–Trinajstić information content (AvgIpc) is 2.78. The molecule has 0 N–H and O–H groups in total. The summed E-state index contributed by atoms with van der Waals surface area (Å²) in [7, 11) is 1.84. The second-order valence-electron chi connectivity index (χ2n) is 5.45. The molecule has 0 bridgehead atoms. The van der Waals surface area contributed by atoms with Crippen LogP contribution in [0.3, 0.4) is 0 Å².